The highest BCUT2D eigenvalue weighted by atomic mass is 16.5. The van der Waals surface area contributed by atoms with Gasteiger partial charge in [-0.2, -0.15) is 0 Å². The molecule has 0 radical (unpaired) electrons. The highest BCUT2D eigenvalue weighted by Gasteiger charge is 2.09. The maximum atomic E-state index is 10.8. The second-order valence-corrected chi connectivity index (χ2v) is 5.02. The van der Waals surface area contributed by atoms with Crippen molar-refractivity contribution in [2.45, 2.75) is 32.6 Å². The van der Waals surface area contributed by atoms with Gasteiger partial charge in [-0.15, -0.1) is 0 Å². The van der Waals surface area contributed by atoms with Crippen molar-refractivity contribution in [3.63, 3.8) is 0 Å². The first-order valence-corrected chi connectivity index (χ1v) is 7.45. The van der Waals surface area contributed by atoms with Crippen molar-refractivity contribution in [2.75, 3.05) is 6.61 Å². The number of benzene rings is 1. The summed E-state index contributed by atoms with van der Waals surface area (Å²) in [5, 5.41) is 8.37. The van der Waals surface area contributed by atoms with Gasteiger partial charge in [-0.1, -0.05) is 0 Å². The first-order valence-electron chi connectivity index (χ1n) is 7.45. The number of nitrogens with one attached hydrogen (secondary N) is 1. The predicted octanol–water partition coefficient (Wildman–Crippen LogP) is 3.44. The Hall–Kier alpha value is -2.27. The number of unbranched alkanes of at least 4 members (excludes halogenated alkanes) is 2. The Morgan fingerprint density at radius 3 is 2.95 bits per heavy atom. The first-order chi connectivity index (χ1) is 10.7. The number of hydrogen-bond acceptors (Lipinski definition) is 4. The molecule has 5 heteroatoms. The lowest BCUT2D eigenvalue weighted by Crippen LogP contribution is -2.17. The van der Waals surface area contributed by atoms with Crippen LogP contribution in [0.4, 0.5) is 0 Å². The van der Waals surface area contributed by atoms with E-state index < -0.39 is 0 Å². The summed E-state index contributed by atoms with van der Waals surface area (Å²) in [6.45, 7) is 2.54. The Morgan fingerprint density at radius 2 is 2.18 bits per heavy atom. The maximum Gasteiger partial charge on any atom is 0.243 e. The van der Waals surface area contributed by atoms with Gasteiger partial charge < -0.3 is 9.47 Å². The standard InChI is InChI=1S/C17H21NO4/c1-2-14-8-7-13-12-15(9-10-16(13)22-14)21-11-5-3-4-6-17(19)18-20/h2,7-10,12,20H,3-6,11H2,1H3,(H,18,19)/b14-2-. The van der Waals surface area contributed by atoms with Crippen molar-refractivity contribution < 1.29 is 19.5 Å². The van der Waals surface area contributed by atoms with Crippen molar-refractivity contribution >= 4 is 12.0 Å². The van der Waals surface area contributed by atoms with Gasteiger partial charge in [0, 0.05) is 12.0 Å². The smallest absolute Gasteiger partial charge is 0.243 e. The predicted molar refractivity (Wildman–Crippen MR) is 83.8 cm³/mol. The second kappa shape index (κ2) is 8.24. The van der Waals surface area contributed by atoms with Crippen molar-refractivity contribution in [3.05, 3.63) is 41.7 Å². The minimum absolute atomic E-state index is 0.338. The van der Waals surface area contributed by atoms with E-state index in [2.05, 4.69) is 0 Å². The number of fused-ring (bicyclic) bond motifs is 1. The molecule has 0 fully saturated rings. The fourth-order valence-electron chi connectivity index (χ4n) is 2.14. The van der Waals surface area contributed by atoms with Crippen LogP contribution in [0, 0.1) is 0 Å². The van der Waals surface area contributed by atoms with Crippen LogP contribution in [-0.2, 0) is 4.79 Å². The number of hydroxylamine groups is 1. The van der Waals surface area contributed by atoms with E-state index in [0.717, 1.165) is 42.1 Å². The van der Waals surface area contributed by atoms with Gasteiger partial charge in [-0.25, -0.2) is 5.48 Å². The Labute approximate surface area is 130 Å². The lowest BCUT2D eigenvalue weighted by molar-refractivity contribution is -0.129. The topological polar surface area (TPSA) is 67.8 Å². The molecule has 1 aromatic rings. The Balaban J connectivity index is 1.74. The van der Waals surface area contributed by atoms with Gasteiger partial charge in [0.1, 0.15) is 17.3 Å². The molecule has 1 heterocycles. The van der Waals surface area contributed by atoms with E-state index in [1.54, 1.807) is 5.48 Å². The normalized spacial score (nSPS) is 14.4. The van der Waals surface area contributed by atoms with Crippen molar-refractivity contribution in [2.24, 2.45) is 0 Å². The second-order valence-electron chi connectivity index (χ2n) is 5.02. The van der Waals surface area contributed by atoms with Gasteiger partial charge in [0.2, 0.25) is 5.91 Å². The number of carbonyl (C=O) groups is 1. The van der Waals surface area contributed by atoms with Crippen molar-refractivity contribution in [1.29, 1.82) is 0 Å². The summed E-state index contributed by atoms with van der Waals surface area (Å²) >= 11 is 0. The molecule has 2 rings (SSSR count). The van der Waals surface area contributed by atoms with E-state index in [1.165, 1.54) is 0 Å². The fraction of sp³-hybridized carbons (Fsp3) is 0.353. The zero-order chi connectivity index (χ0) is 15.8. The molecule has 1 aromatic carbocycles. The van der Waals surface area contributed by atoms with Crippen LogP contribution in [0.15, 0.2) is 36.1 Å². The monoisotopic (exact) mass is 303 g/mol. The van der Waals surface area contributed by atoms with Crippen molar-refractivity contribution in [3.8, 4) is 11.5 Å². The molecule has 2 N–H and O–H groups in total. The van der Waals surface area contributed by atoms with E-state index >= 15 is 0 Å². The average molecular weight is 303 g/mol. The summed E-state index contributed by atoms with van der Waals surface area (Å²) in [4.78, 5) is 10.8. The molecule has 1 amide bonds. The summed E-state index contributed by atoms with van der Waals surface area (Å²) in [5.74, 6) is 2.14. The molecular formula is C17H21NO4. The highest BCUT2D eigenvalue weighted by Crippen LogP contribution is 2.30. The van der Waals surface area contributed by atoms with Crippen LogP contribution in [0.2, 0.25) is 0 Å². The minimum Gasteiger partial charge on any atom is -0.494 e. The molecule has 1 aliphatic rings. The Bertz CT molecular complexity index is 578. The third kappa shape index (κ3) is 4.63. The zero-order valence-electron chi connectivity index (χ0n) is 12.7. The number of allylic oxidation sites excluding steroid dienone is 2. The Kier molecular flexibility index (Phi) is 6.03. The minimum atomic E-state index is -0.345. The van der Waals surface area contributed by atoms with Gasteiger partial charge in [0.25, 0.3) is 0 Å². The third-order valence-electron chi connectivity index (χ3n) is 3.36. The summed E-state index contributed by atoms with van der Waals surface area (Å²) in [7, 11) is 0. The summed E-state index contributed by atoms with van der Waals surface area (Å²) in [6, 6.07) is 5.76. The molecule has 5 nitrogen and oxygen atoms in total. The van der Waals surface area contributed by atoms with Gasteiger partial charge in [-0.3, -0.25) is 10.0 Å². The van der Waals surface area contributed by atoms with E-state index in [0.29, 0.717) is 13.0 Å². The summed E-state index contributed by atoms with van der Waals surface area (Å²) < 4.78 is 11.4. The molecule has 0 aromatic heterocycles. The number of hydrogen-bond donors (Lipinski definition) is 2. The van der Waals surface area contributed by atoms with E-state index in [9.17, 15) is 4.79 Å². The van der Waals surface area contributed by atoms with Crippen LogP contribution in [0.1, 0.15) is 38.2 Å². The summed E-state index contributed by atoms with van der Waals surface area (Å²) in [5.41, 5.74) is 2.63. The van der Waals surface area contributed by atoms with Gasteiger partial charge in [0.05, 0.1) is 6.61 Å². The highest BCUT2D eigenvalue weighted by molar-refractivity contribution is 5.74. The molecule has 22 heavy (non-hydrogen) atoms. The zero-order valence-corrected chi connectivity index (χ0v) is 12.7. The first kappa shape index (κ1) is 16.1. The fourth-order valence-corrected chi connectivity index (χ4v) is 2.14. The number of amides is 1. The van der Waals surface area contributed by atoms with Gasteiger partial charge >= 0.3 is 0 Å². The molecule has 0 spiro atoms. The van der Waals surface area contributed by atoms with Crippen LogP contribution < -0.4 is 15.0 Å². The number of ether oxygens (including phenoxy) is 2. The largest absolute Gasteiger partial charge is 0.494 e. The quantitative estimate of drug-likeness (QED) is 0.460. The van der Waals surface area contributed by atoms with Crippen LogP contribution in [0.3, 0.4) is 0 Å². The molecule has 0 aliphatic carbocycles. The number of rotatable bonds is 7. The third-order valence-corrected chi connectivity index (χ3v) is 3.36. The van der Waals surface area contributed by atoms with E-state index in [4.69, 9.17) is 14.7 Å². The molecule has 1 aliphatic heterocycles. The molecular weight excluding hydrogens is 282 g/mol. The SMILES string of the molecule is C/C=C1/C=Cc2cc(OCCCCCC(=O)NO)ccc2O1. The molecule has 0 atom stereocenters. The van der Waals surface area contributed by atoms with Crippen LogP contribution >= 0.6 is 0 Å². The lowest BCUT2D eigenvalue weighted by Gasteiger charge is -2.15. The van der Waals surface area contributed by atoms with Gasteiger partial charge in [-0.05, 0) is 62.6 Å². The van der Waals surface area contributed by atoms with Crippen LogP contribution in [0.5, 0.6) is 11.5 Å². The molecule has 118 valence electrons. The molecule has 0 saturated heterocycles. The molecule has 0 bridgehead atoms. The maximum absolute atomic E-state index is 10.8. The van der Waals surface area contributed by atoms with Crippen molar-refractivity contribution in [1.82, 2.24) is 5.48 Å². The van der Waals surface area contributed by atoms with E-state index in [-0.39, 0.29) is 5.91 Å². The summed E-state index contributed by atoms with van der Waals surface area (Å²) in [6.07, 6.45) is 8.68. The van der Waals surface area contributed by atoms with Crippen LogP contribution in [-0.4, -0.2) is 17.7 Å². The number of carbonyl (C=O) groups excluding carboxylic acids is 1. The molecule has 0 unspecified atom stereocenters. The van der Waals surface area contributed by atoms with Gasteiger partial charge in [0.15, 0.2) is 0 Å². The van der Waals surface area contributed by atoms with Crippen LogP contribution in [0.25, 0.3) is 6.08 Å². The Morgan fingerprint density at radius 1 is 1.32 bits per heavy atom. The average Bonchev–Trinajstić information content (AvgIpc) is 2.57. The van der Waals surface area contributed by atoms with E-state index in [1.807, 2.05) is 43.4 Å². The molecule has 0 saturated carbocycles. The lowest BCUT2D eigenvalue weighted by atomic mass is 10.1.